The maximum Gasteiger partial charge on any atom is 0.253 e. The Balaban J connectivity index is 0.00000306. The fourth-order valence-corrected chi connectivity index (χ4v) is 5.07. The third-order valence-corrected chi connectivity index (χ3v) is 6.94. The number of methoxy groups -OCH3 is 1. The molecule has 1 heterocycles. The summed E-state index contributed by atoms with van der Waals surface area (Å²) in [6.07, 6.45) is 1.18. The van der Waals surface area contributed by atoms with E-state index in [0.29, 0.717) is 12.1 Å². The van der Waals surface area contributed by atoms with Gasteiger partial charge in [-0.25, -0.2) is 0 Å². The molecule has 0 aromatic heterocycles. The van der Waals surface area contributed by atoms with Gasteiger partial charge in [-0.15, -0.1) is 24.8 Å². The molecule has 0 spiro atoms. The van der Waals surface area contributed by atoms with Crippen LogP contribution >= 0.6 is 24.8 Å². The van der Waals surface area contributed by atoms with Gasteiger partial charge in [0.15, 0.2) is 0 Å². The summed E-state index contributed by atoms with van der Waals surface area (Å²) in [5.41, 5.74) is 3.18. The van der Waals surface area contributed by atoms with Crippen molar-refractivity contribution in [3.63, 3.8) is 0 Å². The van der Waals surface area contributed by atoms with Crippen LogP contribution in [-0.4, -0.2) is 72.5 Å². The molecule has 1 saturated heterocycles. The molecule has 35 heavy (non-hydrogen) atoms. The van der Waals surface area contributed by atoms with Crippen molar-refractivity contribution in [3.05, 3.63) is 65.2 Å². The Morgan fingerprint density at radius 1 is 0.971 bits per heavy atom. The van der Waals surface area contributed by atoms with Crippen molar-refractivity contribution in [2.75, 3.05) is 39.8 Å². The van der Waals surface area contributed by atoms with Crippen molar-refractivity contribution in [2.45, 2.75) is 59.2 Å². The number of amides is 1. The van der Waals surface area contributed by atoms with Crippen LogP contribution in [0.1, 0.15) is 68.6 Å². The van der Waals surface area contributed by atoms with E-state index in [2.05, 4.69) is 60.9 Å². The Hall–Kier alpha value is -1.79. The fraction of sp³-hybridized carbons (Fsp3) is 0.536. The van der Waals surface area contributed by atoms with E-state index < -0.39 is 0 Å². The Kier molecular flexibility index (Phi) is 13.1. The van der Waals surface area contributed by atoms with Crippen molar-refractivity contribution in [3.8, 4) is 5.75 Å². The van der Waals surface area contributed by atoms with Crippen LogP contribution in [0.15, 0.2) is 48.5 Å². The second kappa shape index (κ2) is 14.7. The highest BCUT2D eigenvalue weighted by Gasteiger charge is 2.34. The van der Waals surface area contributed by atoms with Crippen molar-refractivity contribution < 1.29 is 9.53 Å². The van der Waals surface area contributed by atoms with E-state index in [9.17, 15) is 4.79 Å². The second-order valence-electron chi connectivity index (χ2n) is 9.17. The zero-order chi connectivity index (χ0) is 24.0. The molecule has 1 fully saturated rings. The van der Waals surface area contributed by atoms with Crippen LogP contribution < -0.4 is 4.74 Å². The first-order chi connectivity index (χ1) is 15.9. The van der Waals surface area contributed by atoms with E-state index in [1.165, 1.54) is 17.5 Å². The summed E-state index contributed by atoms with van der Waals surface area (Å²) in [4.78, 5) is 19.9. The molecule has 0 bridgehead atoms. The van der Waals surface area contributed by atoms with Gasteiger partial charge in [-0.05, 0) is 76.1 Å². The highest BCUT2D eigenvalue weighted by Crippen LogP contribution is 2.35. The Morgan fingerprint density at radius 2 is 1.63 bits per heavy atom. The van der Waals surface area contributed by atoms with Crippen LogP contribution in [0.5, 0.6) is 5.75 Å². The number of benzene rings is 2. The monoisotopic (exact) mass is 523 g/mol. The van der Waals surface area contributed by atoms with Crippen molar-refractivity contribution >= 4 is 30.7 Å². The van der Waals surface area contributed by atoms with E-state index in [1.807, 2.05) is 36.9 Å². The van der Waals surface area contributed by atoms with Gasteiger partial charge in [0.05, 0.1) is 13.2 Å². The normalized spacial score (nSPS) is 19.3. The average molecular weight is 525 g/mol. The molecule has 0 saturated carbocycles. The molecule has 0 aliphatic carbocycles. The molecule has 0 unspecified atom stereocenters. The lowest BCUT2D eigenvalue weighted by Crippen LogP contribution is -2.57. The molecule has 3 atom stereocenters. The third-order valence-electron chi connectivity index (χ3n) is 6.94. The summed E-state index contributed by atoms with van der Waals surface area (Å²) in [5, 5.41) is 0. The summed E-state index contributed by atoms with van der Waals surface area (Å²) in [6, 6.07) is 17.7. The van der Waals surface area contributed by atoms with E-state index in [-0.39, 0.29) is 36.8 Å². The lowest BCUT2D eigenvalue weighted by Gasteiger charge is -2.47. The lowest BCUT2D eigenvalue weighted by molar-refractivity contribution is 0.0241. The fourth-order valence-electron chi connectivity index (χ4n) is 5.07. The standard InChI is InChI=1S/C28H41N3O2.2ClH/c1-7-17-30-19-22(5)31(20-21(30)4)27(25-11-10-12-26(18-25)33-6)23-13-15-24(16-14-23)28(32)29(8-2)9-3;;/h10-16,18,21-22,27H,7-9,17,19-20H2,1-6H3;2*1H/t21-,22+,27-;;/m1../s1. The molecule has 7 heteroatoms. The Bertz CT molecular complexity index is 905. The quantitative estimate of drug-likeness (QED) is 0.408. The number of ether oxygens (including phenoxy) is 1. The first-order valence-electron chi connectivity index (χ1n) is 12.5. The largest absolute Gasteiger partial charge is 0.497 e. The van der Waals surface area contributed by atoms with E-state index in [1.54, 1.807) is 7.11 Å². The van der Waals surface area contributed by atoms with Gasteiger partial charge in [0, 0.05) is 43.8 Å². The van der Waals surface area contributed by atoms with Gasteiger partial charge in [-0.1, -0.05) is 31.2 Å². The van der Waals surface area contributed by atoms with Gasteiger partial charge >= 0.3 is 0 Å². The first kappa shape index (κ1) is 31.2. The summed E-state index contributed by atoms with van der Waals surface area (Å²) in [7, 11) is 1.72. The van der Waals surface area contributed by atoms with Crippen LogP contribution in [0.4, 0.5) is 0 Å². The number of nitrogens with zero attached hydrogens (tertiary/aromatic N) is 3. The number of halogens is 2. The van der Waals surface area contributed by atoms with Crippen molar-refractivity contribution in [2.24, 2.45) is 0 Å². The van der Waals surface area contributed by atoms with Crippen LogP contribution in [0.2, 0.25) is 0 Å². The molecule has 5 nitrogen and oxygen atoms in total. The molecule has 1 amide bonds. The van der Waals surface area contributed by atoms with Crippen LogP contribution in [0, 0.1) is 0 Å². The Labute approximate surface area is 224 Å². The minimum atomic E-state index is 0. The zero-order valence-corrected chi connectivity index (χ0v) is 23.7. The molecule has 1 aliphatic heterocycles. The molecule has 1 aliphatic rings. The van der Waals surface area contributed by atoms with Gasteiger partial charge in [0.2, 0.25) is 0 Å². The van der Waals surface area contributed by atoms with E-state index in [0.717, 1.165) is 44.0 Å². The van der Waals surface area contributed by atoms with Crippen LogP contribution in [0.25, 0.3) is 0 Å². The number of carbonyl (C=O) groups is 1. The predicted molar refractivity (Wildman–Crippen MR) is 151 cm³/mol. The third kappa shape index (κ3) is 7.36. The average Bonchev–Trinajstić information content (AvgIpc) is 2.83. The van der Waals surface area contributed by atoms with Crippen molar-refractivity contribution in [1.29, 1.82) is 0 Å². The highest BCUT2D eigenvalue weighted by atomic mass is 35.5. The van der Waals surface area contributed by atoms with Crippen LogP contribution in [-0.2, 0) is 0 Å². The molecule has 2 aromatic carbocycles. The van der Waals surface area contributed by atoms with Gasteiger partial charge in [-0.2, -0.15) is 0 Å². The highest BCUT2D eigenvalue weighted by molar-refractivity contribution is 5.94. The molecule has 196 valence electrons. The number of piperazine rings is 1. The Morgan fingerprint density at radius 3 is 2.20 bits per heavy atom. The van der Waals surface area contributed by atoms with Gasteiger partial charge in [-0.3, -0.25) is 14.6 Å². The smallest absolute Gasteiger partial charge is 0.253 e. The summed E-state index contributed by atoms with van der Waals surface area (Å²) in [5.74, 6) is 0.968. The second-order valence-corrected chi connectivity index (χ2v) is 9.17. The van der Waals surface area contributed by atoms with Crippen molar-refractivity contribution in [1.82, 2.24) is 14.7 Å². The minimum Gasteiger partial charge on any atom is -0.497 e. The SMILES string of the molecule is CCCN1C[C@H](C)N([C@H](c2ccc(C(=O)N(CC)CC)cc2)c2cccc(OC)c2)C[C@H]1C.Cl.Cl. The van der Waals surface area contributed by atoms with E-state index >= 15 is 0 Å². The van der Waals surface area contributed by atoms with E-state index in [4.69, 9.17) is 4.74 Å². The minimum absolute atomic E-state index is 0. The zero-order valence-electron chi connectivity index (χ0n) is 22.1. The number of hydrogen-bond acceptors (Lipinski definition) is 4. The van der Waals surface area contributed by atoms with Gasteiger partial charge in [0.1, 0.15) is 5.75 Å². The molecule has 0 radical (unpaired) electrons. The molecular formula is C28H43Cl2N3O2. The summed E-state index contributed by atoms with van der Waals surface area (Å²) < 4.78 is 5.55. The molecule has 3 rings (SSSR count). The molecular weight excluding hydrogens is 481 g/mol. The van der Waals surface area contributed by atoms with Crippen LogP contribution in [0.3, 0.4) is 0 Å². The maximum atomic E-state index is 12.8. The topological polar surface area (TPSA) is 36.0 Å². The molecule has 2 aromatic rings. The summed E-state index contributed by atoms with van der Waals surface area (Å²) >= 11 is 0. The number of carbonyl (C=O) groups excluding carboxylic acids is 1. The molecule has 0 N–H and O–H groups in total. The first-order valence-corrected chi connectivity index (χ1v) is 12.5. The van der Waals surface area contributed by atoms with Gasteiger partial charge in [0.25, 0.3) is 5.91 Å². The number of hydrogen-bond donors (Lipinski definition) is 0. The van der Waals surface area contributed by atoms with Gasteiger partial charge < -0.3 is 9.64 Å². The summed E-state index contributed by atoms with van der Waals surface area (Å²) in [6.45, 7) is 15.6. The predicted octanol–water partition coefficient (Wildman–Crippen LogP) is 5.91. The lowest BCUT2D eigenvalue weighted by atomic mass is 9.92. The maximum absolute atomic E-state index is 12.8. The number of rotatable bonds is 9.